The lowest BCUT2D eigenvalue weighted by molar-refractivity contribution is -0.887. The Morgan fingerprint density at radius 1 is 0.544 bits per heavy atom. The standard InChI is InChI=1S/C49H87NO7/c1-6-8-10-12-14-16-18-20-22-24-26-27-29-31-33-35-37-39-47(51)56-44-45(43-55-42-41-46(49(53)54)50(3,4)5)57-48(52)40-38-36-34-32-30-28-25-23-21-19-17-15-13-11-9-7-2/h14,16,20,22-23,25,28,30,45-46H,6-13,15,17-19,21,24,26-27,29,31-44H2,1-5H3/p+1/b16-14+,22-20+,25-23+,30-28+. The number of aliphatic carboxylic acids is 1. The van der Waals surface area contributed by atoms with Crippen LogP contribution in [0.3, 0.4) is 0 Å². The highest BCUT2D eigenvalue weighted by Crippen LogP contribution is 2.13. The zero-order valence-corrected chi connectivity index (χ0v) is 37.5. The second-order valence-electron chi connectivity index (χ2n) is 16.7. The van der Waals surface area contributed by atoms with E-state index in [4.69, 9.17) is 14.2 Å². The van der Waals surface area contributed by atoms with E-state index < -0.39 is 18.1 Å². The number of hydrogen-bond donors (Lipinski definition) is 1. The smallest absolute Gasteiger partial charge is 0.362 e. The van der Waals surface area contributed by atoms with Gasteiger partial charge in [-0.25, -0.2) is 4.79 Å². The number of rotatable bonds is 41. The van der Waals surface area contributed by atoms with Crippen molar-refractivity contribution in [1.29, 1.82) is 0 Å². The third-order valence-electron chi connectivity index (χ3n) is 10.2. The second-order valence-corrected chi connectivity index (χ2v) is 16.7. The minimum Gasteiger partial charge on any atom is -0.477 e. The molecule has 2 unspecified atom stereocenters. The van der Waals surface area contributed by atoms with Crippen molar-refractivity contribution in [1.82, 2.24) is 0 Å². The Bertz CT molecular complexity index is 1070. The summed E-state index contributed by atoms with van der Waals surface area (Å²) in [6, 6.07) is -0.621. The Hall–Kier alpha value is -2.71. The SMILES string of the molecule is CCCCC/C=C/C/C=C/CCCCCCCCCC(=O)OCC(COCCC(C(=O)O)[N+](C)(C)C)OC(=O)CCCCC/C=C/C=C/CCCCCCCCC. The van der Waals surface area contributed by atoms with Gasteiger partial charge in [0.1, 0.15) is 6.61 Å². The monoisotopic (exact) mass is 803 g/mol. The summed E-state index contributed by atoms with van der Waals surface area (Å²) in [5.41, 5.74) is 0. The minimum absolute atomic E-state index is 0.0474. The molecule has 0 aromatic heterocycles. The van der Waals surface area contributed by atoms with Crippen molar-refractivity contribution in [2.45, 2.75) is 206 Å². The van der Waals surface area contributed by atoms with E-state index in [9.17, 15) is 19.5 Å². The summed E-state index contributed by atoms with van der Waals surface area (Å²) < 4.78 is 17.3. The molecule has 0 aliphatic rings. The Morgan fingerprint density at radius 3 is 1.51 bits per heavy atom. The molecule has 0 aliphatic heterocycles. The first-order valence-corrected chi connectivity index (χ1v) is 23.2. The molecule has 8 heteroatoms. The zero-order valence-electron chi connectivity index (χ0n) is 37.5. The molecule has 0 rings (SSSR count). The number of hydrogen-bond acceptors (Lipinski definition) is 6. The molecule has 1 N–H and O–H groups in total. The number of nitrogens with zero attached hydrogens (tertiary/aromatic N) is 1. The summed E-state index contributed by atoms with van der Waals surface area (Å²) in [5, 5.41) is 9.63. The van der Waals surface area contributed by atoms with Crippen molar-refractivity contribution < 1.29 is 38.2 Å². The predicted octanol–water partition coefficient (Wildman–Crippen LogP) is 12.8. The highest BCUT2D eigenvalue weighted by atomic mass is 16.6. The van der Waals surface area contributed by atoms with Crippen LogP contribution in [0.1, 0.15) is 194 Å². The van der Waals surface area contributed by atoms with Gasteiger partial charge >= 0.3 is 17.9 Å². The van der Waals surface area contributed by atoms with E-state index in [0.29, 0.717) is 19.3 Å². The van der Waals surface area contributed by atoms with E-state index in [0.717, 1.165) is 64.2 Å². The van der Waals surface area contributed by atoms with Crippen LogP contribution in [0.4, 0.5) is 0 Å². The number of esters is 2. The summed E-state index contributed by atoms with van der Waals surface area (Å²) in [6.07, 6.45) is 47.2. The third kappa shape index (κ3) is 38.6. The molecule has 0 saturated heterocycles. The molecule has 0 aliphatic carbocycles. The summed E-state index contributed by atoms with van der Waals surface area (Å²) in [5.74, 6) is -1.51. The number of likely N-dealkylation sites (N-methyl/N-ethyl adjacent to an activating group) is 1. The number of allylic oxidation sites excluding steroid dienone is 8. The molecule has 0 bridgehead atoms. The molecular formula is C49H88NO7+. The molecule has 0 fully saturated rings. The van der Waals surface area contributed by atoms with Crippen LogP contribution in [-0.4, -0.2) is 80.6 Å². The molecule has 0 aromatic rings. The first-order chi connectivity index (χ1) is 27.6. The quantitative estimate of drug-likeness (QED) is 0.0216. The van der Waals surface area contributed by atoms with Gasteiger partial charge in [0.15, 0.2) is 12.1 Å². The van der Waals surface area contributed by atoms with Crippen molar-refractivity contribution in [2.24, 2.45) is 0 Å². The molecule has 0 saturated carbocycles. The summed E-state index contributed by atoms with van der Waals surface area (Å²) >= 11 is 0. The van der Waals surface area contributed by atoms with Crippen molar-refractivity contribution in [3.63, 3.8) is 0 Å². The van der Waals surface area contributed by atoms with Crippen molar-refractivity contribution in [3.8, 4) is 0 Å². The van der Waals surface area contributed by atoms with Crippen LogP contribution >= 0.6 is 0 Å². The van der Waals surface area contributed by atoms with Crippen LogP contribution in [0.25, 0.3) is 0 Å². The van der Waals surface area contributed by atoms with Gasteiger partial charge in [0.25, 0.3) is 0 Å². The molecular weight excluding hydrogens is 715 g/mol. The highest BCUT2D eigenvalue weighted by Gasteiger charge is 2.31. The van der Waals surface area contributed by atoms with E-state index in [2.05, 4.69) is 62.5 Å². The summed E-state index contributed by atoms with van der Waals surface area (Å²) in [7, 11) is 5.51. The van der Waals surface area contributed by atoms with Gasteiger partial charge in [-0.3, -0.25) is 9.59 Å². The van der Waals surface area contributed by atoms with E-state index in [1.54, 1.807) is 0 Å². The number of ether oxygens (including phenoxy) is 3. The number of unbranched alkanes of at least 4 members (excludes halogenated alkanes) is 20. The fourth-order valence-corrected chi connectivity index (χ4v) is 6.58. The van der Waals surface area contributed by atoms with Gasteiger partial charge in [-0.15, -0.1) is 0 Å². The maximum Gasteiger partial charge on any atom is 0.362 e. The molecule has 0 aromatic carbocycles. The van der Waals surface area contributed by atoms with E-state index >= 15 is 0 Å². The molecule has 0 spiro atoms. The van der Waals surface area contributed by atoms with Gasteiger partial charge in [0.05, 0.1) is 34.4 Å². The Morgan fingerprint density at radius 2 is 0.982 bits per heavy atom. The lowest BCUT2D eigenvalue weighted by Crippen LogP contribution is -2.50. The Labute approximate surface area is 350 Å². The lowest BCUT2D eigenvalue weighted by Gasteiger charge is -2.31. The van der Waals surface area contributed by atoms with Gasteiger partial charge in [0, 0.05) is 19.3 Å². The van der Waals surface area contributed by atoms with Crippen molar-refractivity contribution in [2.75, 3.05) is 41.0 Å². The Balaban J connectivity index is 4.38. The predicted molar refractivity (Wildman–Crippen MR) is 238 cm³/mol. The topological polar surface area (TPSA) is 99.1 Å². The molecule has 330 valence electrons. The number of carboxylic acids is 1. The summed E-state index contributed by atoms with van der Waals surface area (Å²) in [6.45, 7) is 4.67. The largest absolute Gasteiger partial charge is 0.477 e. The zero-order chi connectivity index (χ0) is 42.1. The van der Waals surface area contributed by atoms with Gasteiger partial charge in [-0.2, -0.15) is 0 Å². The lowest BCUT2D eigenvalue weighted by atomic mass is 10.1. The second kappa shape index (κ2) is 40.1. The van der Waals surface area contributed by atoms with E-state index in [-0.39, 0.29) is 36.2 Å². The van der Waals surface area contributed by atoms with Crippen LogP contribution in [0.2, 0.25) is 0 Å². The maximum atomic E-state index is 12.7. The normalized spacial score (nSPS) is 13.4. The van der Waals surface area contributed by atoms with Crippen molar-refractivity contribution >= 4 is 17.9 Å². The number of carbonyl (C=O) groups is 3. The molecule has 0 amide bonds. The van der Waals surface area contributed by atoms with Gasteiger partial charge in [-0.1, -0.05) is 152 Å². The molecule has 8 nitrogen and oxygen atoms in total. The average molecular weight is 803 g/mol. The first kappa shape index (κ1) is 54.3. The first-order valence-electron chi connectivity index (χ1n) is 23.2. The molecule has 0 radical (unpaired) electrons. The third-order valence-corrected chi connectivity index (χ3v) is 10.2. The fraction of sp³-hybridized carbons (Fsp3) is 0.776. The molecule has 0 heterocycles. The van der Waals surface area contributed by atoms with Crippen LogP contribution < -0.4 is 0 Å². The molecule has 2 atom stereocenters. The number of carbonyl (C=O) groups excluding carboxylic acids is 2. The Kier molecular flexibility index (Phi) is 38.2. The maximum absolute atomic E-state index is 12.7. The van der Waals surface area contributed by atoms with Crippen molar-refractivity contribution in [3.05, 3.63) is 48.6 Å². The fourth-order valence-electron chi connectivity index (χ4n) is 6.58. The highest BCUT2D eigenvalue weighted by molar-refractivity contribution is 5.72. The van der Waals surface area contributed by atoms with E-state index in [1.807, 2.05) is 21.1 Å². The van der Waals surface area contributed by atoms with Crippen LogP contribution in [0.5, 0.6) is 0 Å². The van der Waals surface area contributed by atoms with Gasteiger partial charge in [0.2, 0.25) is 0 Å². The van der Waals surface area contributed by atoms with E-state index in [1.165, 1.54) is 96.3 Å². The molecule has 57 heavy (non-hydrogen) atoms. The van der Waals surface area contributed by atoms with Crippen LogP contribution in [-0.2, 0) is 28.6 Å². The van der Waals surface area contributed by atoms with Crippen LogP contribution in [0, 0.1) is 0 Å². The summed E-state index contributed by atoms with van der Waals surface area (Å²) in [4.78, 5) is 37.0. The number of carboxylic acid groups (broad SMARTS) is 1. The number of quaternary nitrogens is 1. The van der Waals surface area contributed by atoms with Gasteiger partial charge in [-0.05, 0) is 70.6 Å². The van der Waals surface area contributed by atoms with Crippen LogP contribution in [0.15, 0.2) is 48.6 Å². The van der Waals surface area contributed by atoms with Gasteiger partial charge < -0.3 is 23.8 Å². The minimum atomic E-state index is -0.881. The average Bonchev–Trinajstić information content (AvgIpc) is 3.17.